The average Bonchev–Trinajstić information content (AvgIpc) is 2.79. The Morgan fingerprint density at radius 2 is 1.66 bits per heavy atom. The van der Waals surface area contributed by atoms with Crippen LogP contribution >= 0.6 is 0 Å². The van der Waals surface area contributed by atoms with Crippen molar-refractivity contribution < 1.29 is 18.0 Å². The van der Waals surface area contributed by atoms with Gasteiger partial charge in [0.1, 0.15) is 6.04 Å². The molecular weight excluding hydrogens is 462 g/mol. The van der Waals surface area contributed by atoms with Crippen LogP contribution in [0.4, 0.5) is 5.69 Å². The Hall–Kier alpha value is -2.87. The fraction of sp³-hybridized carbons (Fsp3) is 0.481. The maximum atomic E-state index is 13.3. The van der Waals surface area contributed by atoms with E-state index in [9.17, 15) is 18.0 Å². The molecule has 35 heavy (non-hydrogen) atoms. The van der Waals surface area contributed by atoms with Gasteiger partial charge in [0.15, 0.2) is 0 Å². The fourth-order valence-corrected chi connectivity index (χ4v) is 4.80. The van der Waals surface area contributed by atoms with Crippen molar-refractivity contribution in [2.75, 3.05) is 23.7 Å². The van der Waals surface area contributed by atoms with Crippen molar-refractivity contribution >= 4 is 27.5 Å². The van der Waals surface area contributed by atoms with Crippen LogP contribution in [0.25, 0.3) is 0 Å². The molecular formula is C27H39N3O4S. The zero-order chi connectivity index (χ0) is 26.2. The van der Waals surface area contributed by atoms with Crippen LogP contribution in [0.2, 0.25) is 0 Å². The van der Waals surface area contributed by atoms with Crippen molar-refractivity contribution in [2.45, 2.75) is 60.0 Å². The third kappa shape index (κ3) is 8.69. The molecule has 0 radical (unpaired) electrons. The number of carbonyl (C=O) groups is 2. The summed E-state index contributed by atoms with van der Waals surface area (Å²) in [5.74, 6) is -0.0805. The topological polar surface area (TPSA) is 86.8 Å². The summed E-state index contributed by atoms with van der Waals surface area (Å²) < 4.78 is 26.5. The molecule has 0 aliphatic rings. The van der Waals surface area contributed by atoms with E-state index in [1.807, 2.05) is 76.2 Å². The Balaban J connectivity index is 2.16. The van der Waals surface area contributed by atoms with Gasteiger partial charge in [-0.15, -0.1) is 0 Å². The maximum absolute atomic E-state index is 13.3. The molecule has 0 aromatic heterocycles. The highest BCUT2D eigenvalue weighted by atomic mass is 32.2. The molecule has 1 atom stereocenters. The summed E-state index contributed by atoms with van der Waals surface area (Å²) in [5, 5.41) is 2.91. The summed E-state index contributed by atoms with van der Waals surface area (Å²) in [6, 6.07) is 14.6. The number of carbonyl (C=O) groups excluding carboxylic acids is 2. The van der Waals surface area contributed by atoms with E-state index < -0.39 is 16.1 Å². The van der Waals surface area contributed by atoms with E-state index in [4.69, 9.17) is 0 Å². The molecule has 192 valence electrons. The van der Waals surface area contributed by atoms with E-state index in [1.165, 1.54) is 10.6 Å². The number of hydrogen-bond donors (Lipinski definition) is 1. The lowest BCUT2D eigenvalue weighted by molar-refractivity contribution is -0.140. The minimum absolute atomic E-state index is 0.130. The molecule has 8 heteroatoms. The normalized spacial score (nSPS) is 12.3. The smallest absolute Gasteiger partial charge is 0.242 e. The summed E-state index contributed by atoms with van der Waals surface area (Å²) in [6.45, 7) is 10.6. The minimum atomic E-state index is -3.52. The largest absolute Gasteiger partial charge is 0.354 e. The number of nitrogens with zero attached hydrogens (tertiary/aromatic N) is 2. The van der Waals surface area contributed by atoms with E-state index in [2.05, 4.69) is 5.32 Å². The zero-order valence-electron chi connectivity index (χ0n) is 21.7. The molecule has 0 bridgehead atoms. The quantitative estimate of drug-likeness (QED) is 0.476. The van der Waals surface area contributed by atoms with Crippen LogP contribution < -0.4 is 9.62 Å². The standard InChI is InChI=1S/C27H39N3O4S/c1-20(2)18-28-27(32)23(5)29(19-24-11-8-7-9-12-24)26(31)13-10-16-30(35(6,33)34)25-17-21(3)14-15-22(25)4/h7-9,11-12,14-15,17,20,23H,10,13,16,18-19H2,1-6H3,(H,28,32)/t23-/m0/s1. The van der Waals surface area contributed by atoms with Crippen LogP contribution in [0.5, 0.6) is 0 Å². The highest BCUT2D eigenvalue weighted by Crippen LogP contribution is 2.24. The Morgan fingerprint density at radius 1 is 1.00 bits per heavy atom. The lowest BCUT2D eigenvalue weighted by atomic mass is 10.1. The average molecular weight is 502 g/mol. The van der Waals surface area contributed by atoms with Gasteiger partial charge >= 0.3 is 0 Å². The number of hydrogen-bond acceptors (Lipinski definition) is 4. The Labute approximate surface area is 210 Å². The number of anilines is 1. The van der Waals surface area contributed by atoms with Gasteiger partial charge < -0.3 is 10.2 Å². The maximum Gasteiger partial charge on any atom is 0.242 e. The molecule has 0 saturated carbocycles. The molecule has 2 rings (SSSR count). The summed E-state index contributed by atoms with van der Waals surface area (Å²) in [5.41, 5.74) is 3.37. The zero-order valence-corrected chi connectivity index (χ0v) is 22.6. The van der Waals surface area contributed by atoms with Gasteiger partial charge in [0, 0.05) is 26.1 Å². The molecule has 0 saturated heterocycles. The summed E-state index contributed by atoms with van der Waals surface area (Å²) >= 11 is 0. The van der Waals surface area contributed by atoms with Gasteiger partial charge in [0.2, 0.25) is 21.8 Å². The van der Waals surface area contributed by atoms with Crippen molar-refractivity contribution in [1.29, 1.82) is 0 Å². The molecule has 0 unspecified atom stereocenters. The molecule has 0 spiro atoms. The predicted octanol–water partition coefficient (Wildman–Crippen LogP) is 4.04. The second kappa shape index (κ2) is 12.7. The van der Waals surface area contributed by atoms with E-state index in [0.29, 0.717) is 31.1 Å². The SMILES string of the molecule is Cc1ccc(C)c(N(CCCC(=O)N(Cc2ccccc2)[C@@H](C)C(=O)NCC(C)C)S(C)(=O)=O)c1. The summed E-state index contributed by atoms with van der Waals surface area (Å²) in [6.07, 6.45) is 1.65. The van der Waals surface area contributed by atoms with E-state index in [0.717, 1.165) is 16.7 Å². The predicted molar refractivity (Wildman–Crippen MR) is 142 cm³/mol. The van der Waals surface area contributed by atoms with Crippen molar-refractivity contribution in [2.24, 2.45) is 5.92 Å². The van der Waals surface area contributed by atoms with E-state index in [-0.39, 0.29) is 24.8 Å². The number of benzene rings is 2. The van der Waals surface area contributed by atoms with Gasteiger partial charge in [-0.05, 0) is 55.9 Å². The monoisotopic (exact) mass is 501 g/mol. The fourth-order valence-electron chi connectivity index (χ4n) is 3.79. The Bertz CT molecular complexity index is 1100. The van der Waals surface area contributed by atoms with Crippen LogP contribution in [0.15, 0.2) is 48.5 Å². The van der Waals surface area contributed by atoms with Gasteiger partial charge in [-0.2, -0.15) is 0 Å². The molecule has 0 heterocycles. The summed E-state index contributed by atoms with van der Waals surface area (Å²) in [7, 11) is -3.52. The van der Waals surface area contributed by atoms with Gasteiger partial charge in [-0.3, -0.25) is 13.9 Å². The second-order valence-electron chi connectivity index (χ2n) is 9.55. The van der Waals surface area contributed by atoms with Crippen molar-refractivity contribution in [3.05, 3.63) is 65.2 Å². The molecule has 0 aliphatic heterocycles. The number of amides is 2. The third-order valence-corrected chi connectivity index (χ3v) is 7.01. The van der Waals surface area contributed by atoms with Gasteiger partial charge in [-0.25, -0.2) is 8.42 Å². The highest BCUT2D eigenvalue weighted by Gasteiger charge is 2.27. The lowest BCUT2D eigenvalue weighted by Crippen LogP contribution is -2.48. The Kier molecular flexibility index (Phi) is 10.3. The first-order valence-corrected chi connectivity index (χ1v) is 13.9. The lowest BCUT2D eigenvalue weighted by Gasteiger charge is -2.30. The number of rotatable bonds is 12. The number of sulfonamides is 1. The second-order valence-corrected chi connectivity index (χ2v) is 11.5. The van der Waals surface area contributed by atoms with E-state index in [1.54, 1.807) is 11.8 Å². The molecule has 0 aliphatic carbocycles. The number of nitrogens with one attached hydrogen (secondary N) is 1. The third-order valence-electron chi connectivity index (χ3n) is 5.83. The van der Waals surface area contributed by atoms with Crippen molar-refractivity contribution in [1.82, 2.24) is 10.2 Å². The molecule has 2 aromatic carbocycles. The summed E-state index contributed by atoms with van der Waals surface area (Å²) in [4.78, 5) is 27.6. The van der Waals surface area contributed by atoms with Gasteiger partial charge in [0.05, 0.1) is 11.9 Å². The van der Waals surface area contributed by atoms with Crippen LogP contribution in [0.3, 0.4) is 0 Å². The first-order valence-electron chi connectivity index (χ1n) is 12.1. The highest BCUT2D eigenvalue weighted by molar-refractivity contribution is 7.92. The van der Waals surface area contributed by atoms with Crippen LogP contribution in [0.1, 0.15) is 50.3 Å². The van der Waals surface area contributed by atoms with Crippen molar-refractivity contribution in [3.63, 3.8) is 0 Å². The van der Waals surface area contributed by atoms with Crippen LogP contribution in [0, 0.1) is 19.8 Å². The molecule has 0 fully saturated rings. The van der Waals surface area contributed by atoms with Gasteiger partial charge in [0.25, 0.3) is 0 Å². The molecule has 2 aromatic rings. The van der Waals surface area contributed by atoms with Crippen LogP contribution in [-0.4, -0.2) is 50.5 Å². The first-order chi connectivity index (χ1) is 16.4. The minimum Gasteiger partial charge on any atom is -0.354 e. The van der Waals surface area contributed by atoms with Crippen LogP contribution in [-0.2, 0) is 26.2 Å². The van der Waals surface area contributed by atoms with Gasteiger partial charge in [-0.1, -0.05) is 56.3 Å². The Morgan fingerprint density at radius 3 is 2.26 bits per heavy atom. The molecule has 2 amide bonds. The molecule has 7 nitrogen and oxygen atoms in total. The number of aryl methyl sites for hydroxylation is 2. The van der Waals surface area contributed by atoms with E-state index >= 15 is 0 Å². The molecule has 1 N–H and O–H groups in total. The first kappa shape index (κ1) is 28.4. The van der Waals surface area contributed by atoms with Crippen molar-refractivity contribution in [3.8, 4) is 0 Å².